The van der Waals surface area contributed by atoms with Gasteiger partial charge in [-0.2, -0.15) is 5.10 Å². The lowest BCUT2D eigenvalue weighted by Crippen LogP contribution is -2.15. The summed E-state index contributed by atoms with van der Waals surface area (Å²) < 4.78 is 26.9. The lowest BCUT2D eigenvalue weighted by Gasteiger charge is -2.09. The first kappa shape index (κ1) is 13.4. The predicted octanol–water partition coefficient (Wildman–Crippen LogP) is 1.72. The van der Waals surface area contributed by atoms with Crippen molar-refractivity contribution in [2.45, 2.75) is 25.7 Å². The van der Waals surface area contributed by atoms with E-state index in [4.69, 9.17) is 5.73 Å². The summed E-state index contributed by atoms with van der Waals surface area (Å²) in [7, 11) is -3.73. The third-order valence-corrected chi connectivity index (χ3v) is 4.35. The Balaban J connectivity index is 2.41. The van der Waals surface area contributed by atoms with Crippen LogP contribution in [0.1, 0.15) is 16.8 Å². The van der Waals surface area contributed by atoms with Gasteiger partial charge in [0.1, 0.15) is 4.90 Å². The van der Waals surface area contributed by atoms with Crippen LogP contribution in [0.5, 0.6) is 0 Å². The number of hydrogen-bond acceptors (Lipinski definition) is 4. The van der Waals surface area contributed by atoms with Crippen LogP contribution in [0.2, 0.25) is 0 Å². The number of aromatic nitrogens is 2. The molecule has 7 heteroatoms. The fourth-order valence-corrected chi connectivity index (χ4v) is 2.86. The molecule has 102 valence electrons. The standard InChI is InChI=1S/C12H16N4O2S/c1-7-4-5-11(10(13)6-7)19(17,18)16-12-8(2)9(3)14-15-12/h4-6H,13H2,1-3H3,(H2,14,15,16). The molecule has 0 atom stereocenters. The Morgan fingerprint density at radius 3 is 2.47 bits per heavy atom. The third kappa shape index (κ3) is 2.55. The maximum atomic E-state index is 12.3. The molecule has 19 heavy (non-hydrogen) atoms. The van der Waals surface area contributed by atoms with Gasteiger partial charge in [-0.3, -0.25) is 9.82 Å². The van der Waals surface area contributed by atoms with Crippen LogP contribution in [0, 0.1) is 20.8 Å². The molecule has 0 radical (unpaired) electrons. The number of anilines is 2. The van der Waals surface area contributed by atoms with Crippen molar-refractivity contribution in [2.24, 2.45) is 0 Å². The Bertz CT molecular complexity index is 719. The number of aryl methyl sites for hydroxylation is 2. The van der Waals surface area contributed by atoms with Gasteiger partial charge in [0.05, 0.1) is 5.69 Å². The molecule has 0 spiro atoms. The fraction of sp³-hybridized carbons (Fsp3) is 0.250. The van der Waals surface area contributed by atoms with E-state index >= 15 is 0 Å². The summed E-state index contributed by atoms with van der Waals surface area (Å²) in [4.78, 5) is 0.0538. The molecule has 2 rings (SSSR count). The highest BCUT2D eigenvalue weighted by Gasteiger charge is 2.20. The monoisotopic (exact) mass is 280 g/mol. The van der Waals surface area contributed by atoms with Gasteiger partial charge in [-0.15, -0.1) is 0 Å². The topological polar surface area (TPSA) is 101 Å². The van der Waals surface area contributed by atoms with E-state index in [-0.39, 0.29) is 16.4 Å². The number of benzene rings is 1. The Kier molecular flexibility index (Phi) is 3.23. The number of nitrogen functional groups attached to an aromatic ring is 1. The summed E-state index contributed by atoms with van der Waals surface area (Å²) in [6.45, 7) is 5.46. The Morgan fingerprint density at radius 2 is 1.95 bits per heavy atom. The molecular formula is C12H16N4O2S. The number of nitrogens with two attached hydrogens (primary N) is 1. The normalized spacial score (nSPS) is 11.5. The van der Waals surface area contributed by atoms with E-state index in [9.17, 15) is 8.42 Å². The summed E-state index contributed by atoms with van der Waals surface area (Å²) >= 11 is 0. The van der Waals surface area contributed by atoms with Gasteiger partial charge in [-0.1, -0.05) is 6.07 Å². The molecule has 6 nitrogen and oxygen atoms in total. The minimum absolute atomic E-state index is 0.0538. The van der Waals surface area contributed by atoms with Crippen LogP contribution in [0.4, 0.5) is 11.5 Å². The van der Waals surface area contributed by atoms with E-state index in [2.05, 4.69) is 14.9 Å². The molecule has 1 heterocycles. The van der Waals surface area contributed by atoms with Gasteiger partial charge in [-0.25, -0.2) is 8.42 Å². The smallest absolute Gasteiger partial charge is 0.265 e. The average molecular weight is 280 g/mol. The summed E-state index contributed by atoms with van der Waals surface area (Å²) in [5.41, 5.74) is 8.46. The molecule has 0 unspecified atom stereocenters. The van der Waals surface area contributed by atoms with Gasteiger partial charge in [0, 0.05) is 11.3 Å². The Hall–Kier alpha value is -2.02. The second-order valence-electron chi connectivity index (χ2n) is 4.47. The lowest BCUT2D eigenvalue weighted by atomic mass is 10.2. The fourth-order valence-electron chi connectivity index (χ4n) is 1.68. The van der Waals surface area contributed by atoms with Gasteiger partial charge in [0.2, 0.25) is 0 Å². The van der Waals surface area contributed by atoms with Crippen LogP contribution in [-0.2, 0) is 10.0 Å². The molecule has 0 amide bonds. The van der Waals surface area contributed by atoms with E-state index in [1.165, 1.54) is 6.07 Å². The number of H-pyrrole nitrogens is 1. The predicted molar refractivity (Wildman–Crippen MR) is 74.5 cm³/mol. The van der Waals surface area contributed by atoms with Crippen LogP contribution >= 0.6 is 0 Å². The molecular weight excluding hydrogens is 264 g/mol. The van der Waals surface area contributed by atoms with Crippen molar-refractivity contribution in [3.8, 4) is 0 Å². The van der Waals surface area contributed by atoms with Crippen molar-refractivity contribution in [3.05, 3.63) is 35.0 Å². The molecule has 0 aliphatic carbocycles. The highest BCUT2D eigenvalue weighted by Crippen LogP contribution is 2.23. The van der Waals surface area contributed by atoms with Gasteiger partial charge in [-0.05, 0) is 38.5 Å². The van der Waals surface area contributed by atoms with Crippen molar-refractivity contribution in [2.75, 3.05) is 10.5 Å². The largest absolute Gasteiger partial charge is 0.398 e. The number of rotatable bonds is 3. The van der Waals surface area contributed by atoms with Gasteiger partial charge < -0.3 is 5.73 Å². The summed E-state index contributed by atoms with van der Waals surface area (Å²) in [6, 6.07) is 4.81. The van der Waals surface area contributed by atoms with Gasteiger partial charge in [0.25, 0.3) is 10.0 Å². The molecule has 0 bridgehead atoms. The number of aromatic amines is 1. The first-order valence-electron chi connectivity index (χ1n) is 5.72. The second kappa shape index (κ2) is 4.58. The molecule has 0 saturated carbocycles. The van der Waals surface area contributed by atoms with Gasteiger partial charge in [0.15, 0.2) is 5.82 Å². The first-order chi connectivity index (χ1) is 8.81. The van der Waals surface area contributed by atoms with E-state index in [1.54, 1.807) is 19.1 Å². The highest BCUT2D eigenvalue weighted by molar-refractivity contribution is 7.92. The van der Waals surface area contributed by atoms with Crippen molar-refractivity contribution >= 4 is 21.5 Å². The quantitative estimate of drug-likeness (QED) is 0.745. The highest BCUT2D eigenvalue weighted by atomic mass is 32.2. The van der Waals surface area contributed by atoms with E-state index < -0.39 is 10.0 Å². The summed E-state index contributed by atoms with van der Waals surface area (Å²) in [6.07, 6.45) is 0. The SMILES string of the molecule is Cc1ccc(S(=O)(=O)Nc2n[nH]c(C)c2C)c(N)c1. The van der Waals surface area contributed by atoms with Crippen molar-refractivity contribution in [1.29, 1.82) is 0 Å². The molecule has 2 aromatic rings. The van der Waals surface area contributed by atoms with Crippen molar-refractivity contribution < 1.29 is 8.42 Å². The molecule has 0 aliphatic rings. The zero-order valence-electron chi connectivity index (χ0n) is 11.0. The third-order valence-electron chi connectivity index (χ3n) is 2.94. The average Bonchev–Trinajstić information content (AvgIpc) is 2.60. The number of nitrogens with zero attached hydrogens (tertiary/aromatic N) is 1. The van der Waals surface area contributed by atoms with Gasteiger partial charge >= 0.3 is 0 Å². The summed E-state index contributed by atoms with van der Waals surface area (Å²) in [5.74, 6) is 0.289. The van der Waals surface area contributed by atoms with Crippen LogP contribution in [-0.4, -0.2) is 18.6 Å². The maximum absolute atomic E-state index is 12.3. The van der Waals surface area contributed by atoms with E-state index in [1.807, 2.05) is 13.8 Å². The maximum Gasteiger partial charge on any atom is 0.265 e. The zero-order chi connectivity index (χ0) is 14.2. The van der Waals surface area contributed by atoms with Crippen LogP contribution in [0.25, 0.3) is 0 Å². The lowest BCUT2D eigenvalue weighted by molar-refractivity contribution is 0.601. The number of sulfonamides is 1. The molecule has 0 fully saturated rings. The number of hydrogen-bond donors (Lipinski definition) is 3. The minimum Gasteiger partial charge on any atom is -0.398 e. The molecule has 4 N–H and O–H groups in total. The Morgan fingerprint density at radius 1 is 1.26 bits per heavy atom. The Labute approximate surface area is 112 Å². The van der Waals surface area contributed by atoms with Crippen molar-refractivity contribution in [1.82, 2.24) is 10.2 Å². The van der Waals surface area contributed by atoms with E-state index in [0.717, 1.165) is 16.8 Å². The molecule has 1 aromatic carbocycles. The molecule has 0 saturated heterocycles. The summed E-state index contributed by atoms with van der Waals surface area (Å²) in [5, 5.41) is 6.64. The first-order valence-corrected chi connectivity index (χ1v) is 7.20. The van der Waals surface area contributed by atoms with Crippen LogP contribution in [0.15, 0.2) is 23.1 Å². The van der Waals surface area contributed by atoms with Crippen LogP contribution in [0.3, 0.4) is 0 Å². The minimum atomic E-state index is -3.73. The van der Waals surface area contributed by atoms with Crippen LogP contribution < -0.4 is 10.5 Å². The zero-order valence-corrected chi connectivity index (χ0v) is 11.8. The van der Waals surface area contributed by atoms with E-state index in [0.29, 0.717) is 0 Å². The second-order valence-corrected chi connectivity index (χ2v) is 6.12. The van der Waals surface area contributed by atoms with Crippen molar-refractivity contribution in [3.63, 3.8) is 0 Å². The number of nitrogens with one attached hydrogen (secondary N) is 2. The molecule has 0 aliphatic heterocycles. The molecule has 1 aromatic heterocycles.